The molecule has 2 rings (SSSR count). The van der Waals surface area contributed by atoms with Crippen molar-refractivity contribution in [2.45, 2.75) is 38.3 Å². The van der Waals surface area contributed by atoms with Gasteiger partial charge >= 0.3 is 0 Å². The van der Waals surface area contributed by atoms with E-state index in [0.29, 0.717) is 6.42 Å². The fraction of sp³-hybridized carbons (Fsp3) is 0.364. The molecule has 3 nitrogen and oxygen atoms in total. The van der Waals surface area contributed by atoms with Gasteiger partial charge in [-0.1, -0.05) is 86.7 Å². The fourth-order valence-electron chi connectivity index (χ4n) is 3.79. The third-order valence-electron chi connectivity index (χ3n) is 5.31. The van der Waals surface area contributed by atoms with Crippen LogP contribution in [-0.2, 0) is 0 Å². The third-order valence-corrected chi connectivity index (χ3v) is 9.81. The molecule has 0 aliphatic rings. The van der Waals surface area contributed by atoms with Crippen LogP contribution in [0, 0.1) is 5.92 Å². The second kappa shape index (κ2) is 8.78. The Morgan fingerprint density at radius 3 is 1.85 bits per heavy atom. The smallest absolute Gasteiger partial charge is 0.258 e. The highest BCUT2D eigenvalue weighted by Gasteiger charge is 2.50. The highest BCUT2D eigenvalue weighted by Crippen LogP contribution is 2.42. The van der Waals surface area contributed by atoms with Gasteiger partial charge in [0.1, 0.15) is 0 Å². The maximum absolute atomic E-state index is 12.2. The van der Waals surface area contributed by atoms with Gasteiger partial charge in [-0.25, -0.2) is 0 Å². The molecule has 0 amide bonds. The van der Waals surface area contributed by atoms with Gasteiger partial charge in [-0.15, -0.1) is 0 Å². The van der Waals surface area contributed by atoms with Gasteiger partial charge in [0.2, 0.25) is 0 Å². The molecule has 0 spiro atoms. The van der Waals surface area contributed by atoms with Crippen LogP contribution in [0.15, 0.2) is 72.8 Å². The van der Waals surface area contributed by atoms with Gasteiger partial charge < -0.3 is 15.6 Å². The van der Waals surface area contributed by atoms with Crippen molar-refractivity contribution in [3.8, 4) is 0 Å². The normalized spacial score (nSPS) is 15.2. The Kier molecular flexibility index (Phi) is 6.95. The minimum Gasteiger partial charge on any atom is -0.424 e. The zero-order valence-corrected chi connectivity index (χ0v) is 17.0. The molecule has 0 aromatic heterocycles. The summed E-state index contributed by atoms with van der Waals surface area (Å²) < 4.78 is 0. The molecule has 0 heterocycles. The predicted molar refractivity (Wildman–Crippen MR) is 112 cm³/mol. The zero-order chi connectivity index (χ0) is 19.2. The lowest BCUT2D eigenvalue weighted by molar-refractivity contribution is 0.229. The van der Waals surface area contributed by atoms with E-state index < -0.39 is 8.32 Å². The topological polar surface area (TPSA) is 66.5 Å². The molecule has 0 bridgehead atoms. The summed E-state index contributed by atoms with van der Waals surface area (Å²) in [6.07, 6.45) is 4.72. The highest BCUT2D eigenvalue weighted by atomic mass is 28.4. The van der Waals surface area contributed by atoms with Crippen molar-refractivity contribution in [1.82, 2.24) is 0 Å². The van der Waals surface area contributed by atoms with E-state index in [1.807, 2.05) is 79.7 Å². The van der Waals surface area contributed by atoms with Crippen LogP contribution in [0.5, 0.6) is 0 Å². The molecule has 4 N–H and O–H groups in total. The molecule has 0 aliphatic heterocycles. The third kappa shape index (κ3) is 4.15. The van der Waals surface area contributed by atoms with Gasteiger partial charge in [0.25, 0.3) is 8.32 Å². The first-order valence-corrected chi connectivity index (χ1v) is 11.1. The molecule has 2 atom stereocenters. The second-order valence-electron chi connectivity index (χ2n) is 7.57. The predicted octanol–water partition coefficient (Wildman–Crippen LogP) is 2.42. The molecule has 26 heavy (non-hydrogen) atoms. The average Bonchev–Trinajstić information content (AvgIpc) is 2.67. The molecule has 0 unspecified atom stereocenters. The van der Waals surface area contributed by atoms with E-state index in [9.17, 15) is 9.90 Å². The van der Waals surface area contributed by atoms with E-state index in [1.54, 1.807) is 0 Å². The first-order valence-electron chi connectivity index (χ1n) is 9.19. The lowest BCUT2D eigenvalue weighted by atomic mass is 9.90. The number of allylic oxidation sites excluding steroid dienone is 1. The maximum atomic E-state index is 12.2. The Morgan fingerprint density at radius 1 is 1.00 bits per heavy atom. The van der Waals surface area contributed by atoms with Gasteiger partial charge in [-0.3, -0.25) is 0 Å². The van der Waals surface area contributed by atoms with E-state index in [-0.39, 0.29) is 23.6 Å². The van der Waals surface area contributed by atoms with E-state index in [2.05, 4.69) is 13.8 Å². The van der Waals surface area contributed by atoms with Gasteiger partial charge in [0.15, 0.2) is 0 Å². The molecule has 4 heteroatoms. The molecule has 0 saturated heterocycles. The van der Waals surface area contributed by atoms with Gasteiger partial charge in [-0.2, -0.15) is 0 Å². The van der Waals surface area contributed by atoms with Crippen LogP contribution in [-0.4, -0.2) is 30.9 Å². The Labute approximate surface area is 158 Å². The summed E-state index contributed by atoms with van der Waals surface area (Å²) in [5, 5.41) is 11.2. The first kappa shape index (κ1) is 20.6. The van der Waals surface area contributed by atoms with E-state index in [4.69, 9.17) is 5.73 Å². The maximum Gasteiger partial charge on any atom is 0.258 e. The fourth-order valence-corrected chi connectivity index (χ4v) is 7.57. The van der Waals surface area contributed by atoms with Crippen LogP contribution < -0.4 is 16.1 Å². The summed E-state index contributed by atoms with van der Waals surface area (Å²) in [7, 11) is -3.05. The molecular weight excluding hydrogens is 338 g/mol. The van der Waals surface area contributed by atoms with Crippen LogP contribution in [0.4, 0.5) is 0 Å². The molecule has 0 saturated carbocycles. The minimum atomic E-state index is -3.05. The summed E-state index contributed by atoms with van der Waals surface area (Å²) in [5.41, 5.74) is 6.16. The average molecular weight is 370 g/mol. The van der Waals surface area contributed by atoms with E-state index in [1.165, 1.54) is 0 Å². The largest absolute Gasteiger partial charge is 0.424 e. The first-order chi connectivity index (χ1) is 12.4. The summed E-state index contributed by atoms with van der Waals surface area (Å²) in [6.45, 7) is 6.14. The number of nitrogens with two attached hydrogens (primary N) is 1. The van der Waals surface area contributed by atoms with Crippen molar-refractivity contribution in [2.24, 2.45) is 11.7 Å². The number of hydrogen-bond donors (Lipinski definition) is 3. The van der Waals surface area contributed by atoms with Crippen molar-refractivity contribution in [3.63, 3.8) is 0 Å². The zero-order valence-electron chi connectivity index (χ0n) is 16.0. The Hall–Kier alpha value is -1.72. The molecule has 0 radical (unpaired) electrons. The standard InChI is InChI=1S/C22H31NO2Si/c1-4-11-18(21(23)17-24)16-22(2,3)26(25,19-12-7-5-8-13-19)20-14-9-6-10-15-20/h4-15,18,21,24-25H,16-17,23H2,1-3H3/b11-4+/t18-,21-/m0/s1. The summed E-state index contributed by atoms with van der Waals surface area (Å²) >= 11 is 0. The van der Waals surface area contributed by atoms with Crippen molar-refractivity contribution in [1.29, 1.82) is 0 Å². The monoisotopic (exact) mass is 369 g/mol. The number of benzene rings is 2. The molecular formula is C22H31NO2Si. The van der Waals surface area contributed by atoms with E-state index in [0.717, 1.165) is 10.4 Å². The SMILES string of the molecule is C/C=C/[C@@H](CC(C)(C)[Si](O)(c1ccccc1)c1ccccc1)[C@@H](N)CO. The Balaban J connectivity index is 2.54. The number of rotatable bonds is 8. The Morgan fingerprint density at radius 2 is 1.46 bits per heavy atom. The van der Waals surface area contributed by atoms with Crippen LogP contribution in [0.1, 0.15) is 27.2 Å². The Bertz CT molecular complexity index is 661. The van der Waals surface area contributed by atoms with Gasteiger partial charge in [-0.05, 0) is 34.7 Å². The van der Waals surface area contributed by atoms with Crippen LogP contribution >= 0.6 is 0 Å². The number of aliphatic hydroxyl groups excluding tert-OH is 1. The molecule has 140 valence electrons. The summed E-state index contributed by atoms with van der Waals surface area (Å²) in [5.74, 6) is 0.00597. The van der Waals surface area contributed by atoms with Gasteiger partial charge in [0, 0.05) is 6.04 Å². The lowest BCUT2D eigenvalue weighted by Crippen LogP contribution is -2.65. The minimum absolute atomic E-state index is 0.00597. The molecule has 0 aliphatic carbocycles. The number of aliphatic hydroxyl groups is 1. The lowest BCUT2D eigenvalue weighted by Gasteiger charge is -2.43. The van der Waals surface area contributed by atoms with Crippen molar-refractivity contribution >= 4 is 18.7 Å². The van der Waals surface area contributed by atoms with Crippen molar-refractivity contribution < 1.29 is 9.90 Å². The highest BCUT2D eigenvalue weighted by molar-refractivity contribution is 6.98. The quantitative estimate of drug-likeness (QED) is 0.494. The summed E-state index contributed by atoms with van der Waals surface area (Å²) in [4.78, 5) is 12.2. The molecule has 0 fully saturated rings. The van der Waals surface area contributed by atoms with Crippen LogP contribution in [0.2, 0.25) is 5.04 Å². The van der Waals surface area contributed by atoms with Crippen LogP contribution in [0.25, 0.3) is 0 Å². The second-order valence-corrected chi connectivity index (χ2v) is 11.5. The van der Waals surface area contributed by atoms with Crippen molar-refractivity contribution in [3.05, 3.63) is 72.8 Å². The van der Waals surface area contributed by atoms with E-state index >= 15 is 0 Å². The number of hydrogen-bond acceptors (Lipinski definition) is 3. The molecule has 2 aromatic rings. The van der Waals surface area contributed by atoms with Gasteiger partial charge in [0.05, 0.1) is 6.61 Å². The summed E-state index contributed by atoms with van der Waals surface area (Å²) in [6, 6.07) is 19.6. The molecule has 2 aromatic carbocycles. The van der Waals surface area contributed by atoms with Crippen LogP contribution in [0.3, 0.4) is 0 Å². The van der Waals surface area contributed by atoms with Crippen molar-refractivity contribution in [2.75, 3.05) is 6.61 Å².